The van der Waals surface area contributed by atoms with E-state index < -0.39 is 17.5 Å². The van der Waals surface area contributed by atoms with Gasteiger partial charge < -0.3 is 5.11 Å². The van der Waals surface area contributed by atoms with Gasteiger partial charge >= 0.3 is 11.9 Å². The van der Waals surface area contributed by atoms with Gasteiger partial charge in [-0.2, -0.15) is 4.89 Å². The number of carbonyl (C=O) groups excluding carboxylic acids is 1. The summed E-state index contributed by atoms with van der Waals surface area (Å²) in [6.07, 6.45) is 5.77. The summed E-state index contributed by atoms with van der Waals surface area (Å²) in [5.74, 6) is -1.43. The highest BCUT2D eigenvalue weighted by Crippen LogP contribution is 2.19. The summed E-state index contributed by atoms with van der Waals surface area (Å²) in [5.41, 5.74) is -0.546. The number of hydrogen-bond acceptors (Lipinski definition) is 5. The fraction of sp³-hybridized carbons (Fsp3) is 0.875. The molecule has 130 valence electrons. The average molecular weight is 318 g/mol. The lowest BCUT2D eigenvalue weighted by Crippen LogP contribution is -2.23. The average Bonchev–Trinajstić information content (AvgIpc) is 2.39. The molecule has 0 aliphatic carbocycles. The van der Waals surface area contributed by atoms with Crippen LogP contribution in [0.1, 0.15) is 79.1 Å². The highest BCUT2D eigenvalue weighted by atomic mass is 17.5. The van der Waals surface area contributed by atoms with Gasteiger partial charge in [-0.05, 0) is 45.1 Å². The van der Waals surface area contributed by atoms with Gasteiger partial charge in [0.05, 0.1) is 11.5 Å². The minimum absolute atomic E-state index is 0.173. The summed E-state index contributed by atoms with van der Waals surface area (Å²) >= 11 is 0. The lowest BCUT2D eigenvalue weighted by atomic mass is 9.95. The Bertz CT molecular complexity index is 321. The molecule has 1 atom stereocenters. The van der Waals surface area contributed by atoms with Crippen LogP contribution in [0.5, 0.6) is 0 Å². The van der Waals surface area contributed by atoms with E-state index >= 15 is 0 Å². The molecule has 0 saturated carbocycles. The molecule has 0 aliphatic heterocycles. The maximum atomic E-state index is 12.0. The van der Waals surface area contributed by atoms with E-state index in [2.05, 4.69) is 12.0 Å². The second-order valence-electron chi connectivity index (χ2n) is 6.50. The zero-order valence-electron chi connectivity index (χ0n) is 14.2. The smallest absolute Gasteiger partial charge is 0.348 e. The van der Waals surface area contributed by atoms with Gasteiger partial charge in [-0.1, -0.05) is 32.6 Å². The number of unbranched alkanes of at least 4 members (excludes halogenated alkanes) is 3. The van der Waals surface area contributed by atoms with E-state index in [0.717, 1.165) is 32.1 Å². The number of hydrogen-bond donors (Lipinski definition) is 1. The third-order valence-corrected chi connectivity index (χ3v) is 3.08. The van der Waals surface area contributed by atoms with Crippen molar-refractivity contribution in [2.24, 2.45) is 5.92 Å². The lowest BCUT2D eigenvalue weighted by Gasteiger charge is -2.18. The van der Waals surface area contributed by atoms with Crippen LogP contribution in [-0.2, 0) is 24.4 Å². The Balaban J connectivity index is 4.08. The predicted octanol–water partition coefficient (Wildman–Crippen LogP) is 4.03. The molecule has 6 heteroatoms. The van der Waals surface area contributed by atoms with E-state index in [-0.39, 0.29) is 12.3 Å². The van der Waals surface area contributed by atoms with Gasteiger partial charge in [0.2, 0.25) is 0 Å². The summed E-state index contributed by atoms with van der Waals surface area (Å²) in [4.78, 5) is 32.1. The van der Waals surface area contributed by atoms with Crippen molar-refractivity contribution in [2.75, 3.05) is 0 Å². The van der Waals surface area contributed by atoms with Crippen LogP contribution in [0.3, 0.4) is 0 Å². The molecule has 1 unspecified atom stereocenters. The summed E-state index contributed by atoms with van der Waals surface area (Å²) < 4.78 is 0. The van der Waals surface area contributed by atoms with Gasteiger partial charge in [0.15, 0.2) is 0 Å². The van der Waals surface area contributed by atoms with Crippen molar-refractivity contribution < 1.29 is 29.5 Å². The van der Waals surface area contributed by atoms with Crippen LogP contribution >= 0.6 is 0 Å². The van der Waals surface area contributed by atoms with Gasteiger partial charge in [0, 0.05) is 6.42 Å². The molecule has 0 radical (unpaired) electrons. The monoisotopic (exact) mass is 318 g/mol. The van der Waals surface area contributed by atoms with Crippen LogP contribution in [0.2, 0.25) is 0 Å². The van der Waals surface area contributed by atoms with Crippen LogP contribution in [0, 0.1) is 5.92 Å². The van der Waals surface area contributed by atoms with E-state index in [1.807, 2.05) is 0 Å². The zero-order valence-corrected chi connectivity index (χ0v) is 14.2. The quantitative estimate of drug-likeness (QED) is 0.332. The Morgan fingerprint density at radius 2 is 1.68 bits per heavy atom. The van der Waals surface area contributed by atoms with Crippen molar-refractivity contribution >= 4 is 11.9 Å². The Morgan fingerprint density at radius 1 is 1.05 bits per heavy atom. The fourth-order valence-corrected chi connectivity index (χ4v) is 1.89. The molecule has 0 spiro atoms. The number of carbonyl (C=O) groups is 2. The molecule has 0 fully saturated rings. The zero-order chi connectivity index (χ0) is 17.0. The maximum absolute atomic E-state index is 12.0. The lowest BCUT2D eigenvalue weighted by molar-refractivity contribution is -0.515. The molecular weight excluding hydrogens is 288 g/mol. The van der Waals surface area contributed by atoms with E-state index in [1.165, 1.54) is 0 Å². The van der Waals surface area contributed by atoms with Crippen LogP contribution in [0.4, 0.5) is 0 Å². The summed E-state index contributed by atoms with van der Waals surface area (Å²) in [7, 11) is 0. The number of aliphatic carboxylic acids is 1. The molecule has 0 aromatic carbocycles. The number of carboxylic acids is 1. The first-order chi connectivity index (χ1) is 10.3. The number of carboxylic acid groups (broad SMARTS) is 1. The second kappa shape index (κ2) is 11.4. The molecule has 0 bridgehead atoms. The predicted molar refractivity (Wildman–Crippen MR) is 81.8 cm³/mol. The van der Waals surface area contributed by atoms with Gasteiger partial charge in [-0.3, -0.25) is 9.68 Å². The minimum atomic E-state index is -0.783. The molecule has 0 aliphatic rings. The van der Waals surface area contributed by atoms with Gasteiger partial charge in [-0.25, -0.2) is 4.79 Å². The first-order valence-electron chi connectivity index (χ1n) is 8.04. The van der Waals surface area contributed by atoms with E-state index in [1.54, 1.807) is 20.8 Å². The summed E-state index contributed by atoms with van der Waals surface area (Å²) in [5, 5.41) is 13.1. The Morgan fingerprint density at radius 3 is 2.23 bits per heavy atom. The van der Waals surface area contributed by atoms with E-state index in [0.29, 0.717) is 12.8 Å². The normalized spacial score (nSPS) is 12.9. The topological polar surface area (TPSA) is 82.1 Å². The highest BCUT2D eigenvalue weighted by molar-refractivity contribution is 5.71. The van der Waals surface area contributed by atoms with Crippen molar-refractivity contribution in [1.82, 2.24) is 0 Å². The molecule has 0 heterocycles. The van der Waals surface area contributed by atoms with Gasteiger partial charge in [0.25, 0.3) is 0 Å². The molecule has 0 amide bonds. The molecule has 6 nitrogen and oxygen atoms in total. The maximum Gasteiger partial charge on any atom is 0.348 e. The Labute approximate surface area is 133 Å². The number of rotatable bonds is 12. The van der Waals surface area contributed by atoms with Crippen molar-refractivity contribution in [2.45, 2.75) is 84.7 Å². The van der Waals surface area contributed by atoms with Crippen LogP contribution < -0.4 is 0 Å². The Hall–Kier alpha value is -1.14. The standard InChI is InChI=1S/C16H30O6/c1-5-6-10-13(11-8-7-9-12-14(17)18)15(19)20-22-21-16(2,3)4/h13H,5-12H2,1-4H3,(H,17,18). The SMILES string of the molecule is CCCCC(CCCCCC(=O)O)C(=O)OOOC(C)(C)C. The molecule has 0 saturated heterocycles. The van der Waals surface area contributed by atoms with Crippen LogP contribution in [0.15, 0.2) is 0 Å². The molecule has 0 aromatic rings. The van der Waals surface area contributed by atoms with Gasteiger partial charge in [-0.15, -0.1) is 0 Å². The second-order valence-corrected chi connectivity index (χ2v) is 6.50. The van der Waals surface area contributed by atoms with Crippen LogP contribution in [-0.4, -0.2) is 22.6 Å². The molecule has 0 aromatic heterocycles. The first kappa shape index (κ1) is 20.9. The van der Waals surface area contributed by atoms with Crippen LogP contribution in [0.25, 0.3) is 0 Å². The summed E-state index contributed by atoms with van der Waals surface area (Å²) in [6, 6.07) is 0. The first-order valence-corrected chi connectivity index (χ1v) is 8.04. The molecule has 1 N–H and O–H groups in total. The van der Waals surface area contributed by atoms with Crippen molar-refractivity contribution in [3.05, 3.63) is 0 Å². The molecule has 22 heavy (non-hydrogen) atoms. The third kappa shape index (κ3) is 12.6. The van der Waals surface area contributed by atoms with E-state index in [4.69, 9.17) is 14.9 Å². The van der Waals surface area contributed by atoms with Crippen molar-refractivity contribution in [3.8, 4) is 0 Å². The fourth-order valence-electron chi connectivity index (χ4n) is 1.89. The molecular formula is C16H30O6. The minimum Gasteiger partial charge on any atom is -0.481 e. The highest BCUT2D eigenvalue weighted by Gasteiger charge is 2.22. The van der Waals surface area contributed by atoms with Crippen molar-refractivity contribution in [1.29, 1.82) is 0 Å². The van der Waals surface area contributed by atoms with E-state index in [9.17, 15) is 9.59 Å². The van der Waals surface area contributed by atoms with Gasteiger partial charge in [0.1, 0.15) is 0 Å². The van der Waals surface area contributed by atoms with Crippen molar-refractivity contribution in [3.63, 3.8) is 0 Å². The summed E-state index contributed by atoms with van der Waals surface area (Å²) in [6.45, 7) is 7.43. The third-order valence-electron chi connectivity index (χ3n) is 3.08. The Kier molecular flexibility index (Phi) is 10.8. The largest absolute Gasteiger partial charge is 0.481 e. The molecule has 0 rings (SSSR count).